The Balaban J connectivity index is 1.97. The molecule has 0 aliphatic heterocycles. The van der Waals surface area contributed by atoms with Crippen LogP contribution in [-0.4, -0.2) is 10.9 Å². The van der Waals surface area contributed by atoms with Crippen molar-refractivity contribution >= 4 is 23.1 Å². The maximum atomic E-state index is 11.7. The average Bonchev–Trinajstić information content (AvgIpc) is 2.40. The molecule has 0 saturated carbocycles. The highest BCUT2D eigenvalue weighted by Crippen LogP contribution is 2.17. The fourth-order valence-electron chi connectivity index (χ4n) is 2.00. The zero-order valence-corrected chi connectivity index (χ0v) is 12.7. The molecule has 1 heterocycles. The molecule has 4 heteroatoms. The highest BCUT2D eigenvalue weighted by molar-refractivity contribution is 5.90. The largest absolute Gasteiger partial charge is 0.340 e. The smallest absolute Gasteiger partial charge is 0.224 e. The molecule has 0 atom stereocenters. The van der Waals surface area contributed by atoms with Crippen LogP contribution in [0.15, 0.2) is 42.6 Å². The number of nitrogens with one attached hydrogen (secondary N) is 2. The van der Waals surface area contributed by atoms with Gasteiger partial charge >= 0.3 is 0 Å². The summed E-state index contributed by atoms with van der Waals surface area (Å²) in [4.78, 5) is 16.0. The first-order chi connectivity index (χ1) is 10.0. The van der Waals surface area contributed by atoms with Gasteiger partial charge in [-0.2, -0.15) is 0 Å². The van der Waals surface area contributed by atoms with Gasteiger partial charge in [-0.15, -0.1) is 0 Å². The lowest BCUT2D eigenvalue weighted by atomic mass is 10.1. The van der Waals surface area contributed by atoms with E-state index in [-0.39, 0.29) is 5.91 Å². The lowest BCUT2D eigenvalue weighted by Gasteiger charge is -2.09. The number of amides is 1. The van der Waals surface area contributed by atoms with Crippen LogP contribution in [-0.2, 0) is 4.79 Å². The number of carbonyl (C=O) groups excluding carboxylic acids is 1. The minimum absolute atomic E-state index is 0.0196. The highest BCUT2D eigenvalue weighted by atomic mass is 16.1. The number of hydrogen-bond donors (Lipinski definition) is 2. The second-order valence-corrected chi connectivity index (χ2v) is 5.57. The van der Waals surface area contributed by atoms with Gasteiger partial charge in [-0.3, -0.25) is 4.79 Å². The van der Waals surface area contributed by atoms with E-state index in [0.717, 1.165) is 17.2 Å². The molecular formula is C17H21N3O. The third-order valence-electron chi connectivity index (χ3n) is 2.93. The number of nitrogens with zero attached hydrogens (tertiary/aromatic N) is 1. The van der Waals surface area contributed by atoms with Crippen LogP contribution in [0.3, 0.4) is 0 Å². The summed E-state index contributed by atoms with van der Waals surface area (Å²) in [6.07, 6.45) is 2.18. The molecule has 0 bridgehead atoms. The van der Waals surface area contributed by atoms with Crippen molar-refractivity contribution in [2.75, 3.05) is 10.6 Å². The third kappa shape index (κ3) is 4.91. The lowest BCUT2D eigenvalue weighted by Crippen LogP contribution is -2.13. The average molecular weight is 283 g/mol. The van der Waals surface area contributed by atoms with E-state index in [2.05, 4.69) is 21.7 Å². The van der Waals surface area contributed by atoms with Crippen LogP contribution in [0, 0.1) is 12.8 Å². The molecule has 2 rings (SSSR count). The summed E-state index contributed by atoms with van der Waals surface area (Å²) in [6.45, 7) is 6.09. The zero-order valence-electron chi connectivity index (χ0n) is 12.7. The highest BCUT2D eigenvalue weighted by Gasteiger charge is 2.05. The Labute approximate surface area is 125 Å². The molecule has 0 aliphatic rings. The van der Waals surface area contributed by atoms with Crippen LogP contribution in [0.5, 0.6) is 0 Å². The predicted octanol–water partition coefficient (Wildman–Crippen LogP) is 4.12. The van der Waals surface area contributed by atoms with E-state index in [0.29, 0.717) is 12.3 Å². The Kier molecular flexibility index (Phi) is 4.93. The Hall–Kier alpha value is -2.36. The lowest BCUT2D eigenvalue weighted by molar-refractivity contribution is -0.116. The van der Waals surface area contributed by atoms with E-state index in [9.17, 15) is 4.79 Å². The van der Waals surface area contributed by atoms with Crippen molar-refractivity contribution in [1.82, 2.24) is 4.98 Å². The van der Waals surface area contributed by atoms with Crippen molar-refractivity contribution in [2.24, 2.45) is 5.92 Å². The van der Waals surface area contributed by atoms with Gasteiger partial charge in [0, 0.05) is 12.1 Å². The maximum Gasteiger partial charge on any atom is 0.224 e. The van der Waals surface area contributed by atoms with Crippen LogP contribution in [0.4, 0.5) is 17.2 Å². The molecule has 1 aromatic heterocycles. The van der Waals surface area contributed by atoms with Gasteiger partial charge in [0.25, 0.3) is 0 Å². The van der Waals surface area contributed by atoms with Gasteiger partial charge < -0.3 is 10.6 Å². The molecule has 2 aromatic rings. The normalized spacial score (nSPS) is 10.5. The molecule has 0 radical (unpaired) electrons. The third-order valence-corrected chi connectivity index (χ3v) is 2.93. The number of anilines is 3. The topological polar surface area (TPSA) is 54.0 Å². The van der Waals surface area contributed by atoms with Crippen LogP contribution >= 0.6 is 0 Å². The minimum atomic E-state index is 0.0196. The van der Waals surface area contributed by atoms with Crippen LogP contribution in [0.25, 0.3) is 0 Å². The first kappa shape index (κ1) is 15.0. The quantitative estimate of drug-likeness (QED) is 0.868. The number of hydrogen-bond acceptors (Lipinski definition) is 3. The fraction of sp³-hybridized carbons (Fsp3) is 0.294. The van der Waals surface area contributed by atoms with E-state index < -0.39 is 0 Å². The Morgan fingerprint density at radius 3 is 2.62 bits per heavy atom. The van der Waals surface area contributed by atoms with Gasteiger partial charge in [-0.05, 0) is 42.7 Å². The Morgan fingerprint density at radius 2 is 2.00 bits per heavy atom. The van der Waals surface area contributed by atoms with E-state index in [1.54, 1.807) is 6.20 Å². The maximum absolute atomic E-state index is 11.7. The number of aryl methyl sites for hydroxylation is 1. The number of benzene rings is 1. The van der Waals surface area contributed by atoms with Crippen molar-refractivity contribution < 1.29 is 4.79 Å². The molecule has 0 saturated heterocycles. The van der Waals surface area contributed by atoms with Crippen molar-refractivity contribution in [3.8, 4) is 0 Å². The van der Waals surface area contributed by atoms with E-state index in [1.807, 2.05) is 51.1 Å². The van der Waals surface area contributed by atoms with E-state index >= 15 is 0 Å². The second-order valence-electron chi connectivity index (χ2n) is 5.57. The van der Waals surface area contributed by atoms with Crippen molar-refractivity contribution in [3.05, 3.63) is 48.2 Å². The van der Waals surface area contributed by atoms with Crippen molar-refractivity contribution in [3.63, 3.8) is 0 Å². The van der Waals surface area contributed by atoms with Crippen molar-refractivity contribution in [2.45, 2.75) is 27.2 Å². The molecule has 0 fully saturated rings. The summed E-state index contributed by atoms with van der Waals surface area (Å²) in [6, 6.07) is 11.8. The Bertz CT molecular complexity index is 606. The SMILES string of the molecule is Cc1cccc(Nc2ccc(NC(=O)CC(C)C)cn2)c1. The second kappa shape index (κ2) is 6.88. The van der Waals surface area contributed by atoms with Gasteiger partial charge in [0.05, 0.1) is 11.9 Å². The zero-order chi connectivity index (χ0) is 15.2. The molecule has 1 amide bonds. The summed E-state index contributed by atoms with van der Waals surface area (Å²) in [5, 5.41) is 6.08. The summed E-state index contributed by atoms with van der Waals surface area (Å²) in [7, 11) is 0. The Morgan fingerprint density at radius 1 is 1.19 bits per heavy atom. The number of pyridine rings is 1. The predicted molar refractivity (Wildman–Crippen MR) is 86.8 cm³/mol. The molecule has 0 spiro atoms. The van der Waals surface area contributed by atoms with Crippen LogP contribution in [0.1, 0.15) is 25.8 Å². The van der Waals surface area contributed by atoms with Gasteiger partial charge in [-0.25, -0.2) is 4.98 Å². The number of carbonyl (C=O) groups is 1. The molecule has 4 nitrogen and oxygen atoms in total. The van der Waals surface area contributed by atoms with E-state index in [4.69, 9.17) is 0 Å². The standard InChI is InChI=1S/C17H21N3O/c1-12(2)9-17(21)20-15-7-8-16(18-11-15)19-14-6-4-5-13(3)10-14/h4-8,10-12H,9H2,1-3H3,(H,18,19)(H,20,21). The monoisotopic (exact) mass is 283 g/mol. The van der Waals surface area contributed by atoms with Gasteiger partial charge in [0.2, 0.25) is 5.91 Å². The molecule has 0 unspecified atom stereocenters. The summed E-state index contributed by atoms with van der Waals surface area (Å²) >= 11 is 0. The van der Waals surface area contributed by atoms with Crippen LogP contribution < -0.4 is 10.6 Å². The summed E-state index contributed by atoms with van der Waals surface area (Å²) in [5.74, 6) is 1.12. The first-order valence-electron chi connectivity index (χ1n) is 7.12. The molecule has 1 aromatic carbocycles. The van der Waals surface area contributed by atoms with Crippen molar-refractivity contribution in [1.29, 1.82) is 0 Å². The first-order valence-corrected chi connectivity index (χ1v) is 7.12. The molecule has 110 valence electrons. The summed E-state index contributed by atoms with van der Waals surface area (Å²) in [5.41, 5.74) is 2.91. The van der Waals surface area contributed by atoms with Gasteiger partial charge in [-0.1, -0.05) is 26.0 Å². The summed E-state index contributed by atoms with van der Waals surface area (Å²) < 4.78 is 0. The van der Waals surface area contributed by atoms with Gasteiger partial charge in [0.1, 0.15) is 5.82 Å². The molecule has 2 N–H and O–H groups in total. The number of rotatable bonds is 5. The molecule has 0 aliphatic carbocycles. The number of aromatic nitrogens is 1. The minimum Gasteiger partial charge on any atom is -0.340 e. The molecule has 21 heavy (non-hydrogen) atoms. The fourth-order valence-corrected chi connectivity index (χ4v) is 2.00. The molecular weight excluding hydrogens is 262 g/mol. The van der Waals surface area contributed by atoms with Gasteiger partial charge in [0.15, 0.2) is 0 Å². The van der Waals surface area contributed by atoms with Crippen LogP contribution in [0.2, 0.25) is 0 Å². The van der Waals surface area contributed by atoms with E-state index in [1.165, 1.54) is 5.56 Å².